The summed E-state index contributed by atoms with van der Waals surface area (Å²) in [6.45, 7) is 6.36. The Labute approximate surface area is 133 Å². The van der Waals surface area contributed by atoms with Crippen molar-refractivity contribution in [2.45, 2.75) is 26.4 Å². The minimum absolute atomic E-state index is 0.300. The number of hydrogen-bond acceptors (Lipinski definition) is 3. The standard InChI is InChI=1S/C19H25NO2/c1-15-5-4-6-17(13-15)14-20-16(2)18-7-9-19(10-8-18)22-12-11-21-3/h4-10,13,16,20H,11-12,14H2,1-3H3. The van der Waals surface area contributed by atoms with Gasteiger partial charge in [-0.2, -0.15) is 0 Å². The molecular weight excluding hydrogens is 274 g/mol. The van der Waals surface area contributed by atoms with E-state index in [4.69, 9.17) is 9.47 Å². The van der Waals surface area contributed by atoms with Crippen molar-refractivity contribution in [1.82, 2.24) is 5.32 Å². The first kappa shape index (κ1) is 16.5. The Morgan fingerprint density at radius 2 is 1.82 bits per heavy atom. The summed E-state index contributed by atoms with van der Waals surface area (Å²) >= 11 is 0. The van der Waals surface area contributed by atoms with Gasteiger partial charge in [-0.15, -0.1) is 0 Å². The third kappa shape index (κ3) is 5.17. The lowest BCUT2D eigenvalue weighted by atomic mass is 10.1. The van der Waals surface area contributed by atoms with E-state index < -0.39 is 0 Å². The van der Waals surface area contributed by atoms with E-state index in [1.807, 2.05) is 12.1 Å². The Kier molecular flexibility index (Phi) is 6.44. The van der Waals surface area contributed by atoms with Crippen molar-refractivity contribution in [3.05, 3.63) is 65.2 Å². The molecule has 1 N–H and O–H groups in total. The van der Waals surface area contributed by atoms with E-state index in [1.165, 1.54) is 16.7 Å². The predicted molar refractivity (Wildman–Crippen MR) is 90.2 cm³/mol. The maximum absolute atomic E-state index is 5.58. The largest absolute Gasteiger partial charge is 0.491 e. The highest BCUT2D eigenvalue weighted by Crippen LogP contribution is 2.18. The fourth-order valence-electron chi connectivity index (χ4n) is 2.31. The van der Waals surface area contributed by atoms with Crippen molar-refractivity contribution >= 4 is 0 Å². The lowest BCUT2D eigenvalue weighted by Crippen LogP contribution is -2.18. The van der Waals surface area contributed by atoms with Crippen LogP contribution in [-0.4, -0.2) is 20.3 Å². The molecule has 2 aromatic carbocycles. The third-order valence-corrected chi connectivity index (χ3v) is 3.63. The van der Waals surface area contributed by atoms with Crippen LogP contribution in [0, 0.1) is 6.92 Å². The molecule has 1 unspecified atom stereocenters. The summed E-state index contributed by atoms with van der Waals surface area (Å²) in [6, 6.07) is 17.1. The van der Waals surface area contributed by atoms with Crippen molar-refractivity contribution < 1.29 is 9.47 Å². The van der Waals surface area contributed by atoms with Crippen LogP contribution in [-0.2, 0) is 11.3 Å². The van der Waals surface area contributed by atoms with Gasteiger partial charge >= 0.3 is 0 Å². The number of benzene rings is 2. The smallest absolute Gasteiger partial charge is 0.119 e. The molecule has 3 nitrogen and oxygen atoms in total. The van der Waals surface area contributed by atoms with Gasteiger partial charge in [-0.25, -0.2) is 0 Å². The molecule has 0 fully saturated rings. The van der Waals surface area contributed by atoms with Gasteiger partial charge in [-0.3, -0.25) is 0 Å². The SMILES string of the molecule is COCCOc1ccc(C(C)NCc2cccc(C)c2)cc1. The van der Waals surface area contributed by atoms with Crippen LogP contribution in [0.2, 0.25) is 0 Å². The van der Waals surface area contributed by atoms with Gasteiger partial charge in [0.1, 0.15) is 12.4 Å². The van der Waals surface area contributed by atoms with E-state index in [-0.39, 0.29) is 0 Å². The Balaban J connectivity index is 1.85. The molecule has 0 aliphatic heterocycles. The molecule has 0 amide bonds. The zero-order valence-corrected chi connectivity index (χ0v) is 13.6. The lowest BCUT2D eigenvalue weighted by Gasteiger charge is -2.15. The number of methoxy groups -OCH3 is 1. The summed E-state index contributed by atoms with van der Waals surface area (Å²) in [5, 5.41) is 3.55. The summed E-state index contributed by atoms with van der Waals surface area (Å²) in [6.07, 6.45) is 0. The number of nitrogens with one attached hydrogen (secondary N) is 1. The molecule has 0 bridgehead atoms. The van der Waals surface area contributed by atoms with Crippen molar-refractivity contribution in [2.75, 3.05) is 20.3 Å². The molecular formula is C19H25NO2. The molecule has 118 valence electrons. The molecule has 3 heteroatoms. The van der Waals surface area contributed by atoms with Crippen LogP contribution >= 0.6 is 0 Å². The fraction of sp³-hybridized carbons (Fsp3) is 0.368. The Hall–Kier alpha value is -1.84. The molecule has 0 aliphatic carbocycles. The summed E-state index contributed by atoms with van der Waals surface area (Å²) in [5.74, 6) is 0.881. The molecule has 0 radical (unpaired) electrons. The topological polar surface area (TPSA) is 30.5 Å². The second-order valence-corrected chi connectivity index (χ2v) is 5.50. The zero-order valence-electron chi connectivity index (χ0n) is 13.6. The fourth-order valence-corrected chi connectivity index (χ4v) is 2.31. The van der Waals surface area contributed by atoms with Gasteiger partial charge in [0, 0.05) is 19.7 Å². The normalized spacial score (nSPS) is 12.1. The molecule has 0 aliphatic rings. The summed E-state index contributed by atoms with van der Waals surface area (Å²) < 4.78 is 10.6. The van der Waals surface area contributed by atoms with Crippen LogP contribution in [0.3, 0.4) is 0 Å². The van der Waals surface area contributed by atoms with Crippen molar-refractivity contribution in [3.63, 3.8) is 0 Å². The van der Waals surface area contributed by atoms with Gasteiger partial charge in [-0.1, -0.05) is 42.0 Å². The van der Waals surface area contributed by atoms with E-state index in [0.717, 1.165) is 12.3 Å². The molecule has 0 saturated heterocycles. The average Bonchev–Trinajstić information content (AvgIpc) is 2.54. The highest BCUT2D eigenvalue weighted by atomic mass is 16.5. The molecule has 2 aromatic rings. The van der Waals surface area contributed by atoms with Gasteiger partial charge in [0.15, 0.2) is 0 Å². The summed E-state index contributed by atoms with van der Waals surface area (Å²) in [7, 11) is 1.67. The van der Waals surface area contributed by atoms with Gasteiger partial charge < -0.3 is 14.8 Å². The van der Waals surface area contributed by atoms with Crippen LogP contribution in [0.5, 0.6) is 5.75 Å². The van der Waals surface area contributed by atoms with Crippen molar-refractivity contribution in [3.8, 4) is 5.75 Å². The zero-order chi connectivity index (χ0) is 15.8. The number of hydrogen-bond donors (Lipinski definition) is 1. The average molecular weight is 299 g/mol. The number of ether oxygens (including phenoxy) is 2. The van der Waals surface area contributed by atoms with Crippen molar-refractivity contribution in [2.24, 2.45) is 0 Å². The molecule has 1 atom stereocenters. The number of aryl methyl sites for hydroxylation is 1. The minimum atomic E-state index is 0.300. The van der Waals surface area contributed by atoms with Crippen LogP contribution in [0.15, 0.2) is 48.5 Å². The predicted octanol–water partition coefficient (Wildman–Crippen LogP) is 3.87. The van der Waals surface area contributed by atoms with Crippen LogP contribution in [0.4, 0.5) is 0 Å². The summed E-state index contributed by atoms with van der Waals surface area (Å²) in [4.78, 5) is 0. The first-order valence-electron chi connectivity index (χ1n) is 7.69. The minimum Gasteiger partial charge on any atom is -0.491 e. The molecule has 0 heterocycles. The molecule has 0 aromatic heterocycles. The highest BCUT2D eigenvalue weighted by molar-refractivity contribution is 5.29. The van der Waals surface area contributed by atoms with Gasteiger partial charge in [0.25, 0.3) is 0 Å². The maximum atomic E-state index is 5.58. The molecule has 2 rings (SSSR count). The Morgan fingerprint density at radius 3 is 2.50 bits per heavy atom. The van der Waals surface area contributed by atoms with E-state index in [0.29, 0.717) is 19.3 Å². The van der Waals surface area contributed by atoms with E-state index in [9.17, 15) is 0 Å². The second kappa shape index (κ2) is 8.57. The molecule has 22 heavy (non-hydrogen) atoms. The van der Waals surface area contributed by atoms with Crippen LogP contribution in [0.25, 0.3) is 0 Å². The number of rotatable bonds is 8. The van der Waals surface area contributed by atoms with Crippen molar-refractivity contribution in [1.29, 1.82) is 0 Å². The first-order chi connectivity index (χ1) is 10.7. The molecule has 0 saturated carbocycles. The lowest BCUT2D eigenvalue weighted by molar-refractivity contribution is 0.146. The van der Waals surface area contributed by atoms with Gasteiger partial charge in [0.05, 0.1) is 6.61 Å². The van der Waals surface area contributed by atoms with E-state index in [2.05, 4.69) is 55.6 Å². The quantitative estimate of drug-likeness (QED) is 0.751. The Bertz CT molecular complexity index is 566. The molecule has 0 spiro atoms. The second-order valence-electron chi connectivity index (χ2n) is 5.50. The van der Waals surface area contributed by atoms with E-state index >= 15 is 0 Å². The maximum Gasteiger partial charge on any atom is 0.119 e. The highest BCUT2D eigenvalue weighted by Gasteiger charge is 2.05. The van der Waals surface area contributed by atoms with E-state index in [1.54, 1.807) is 7.11 Å². The summed E-state index contributed by atoms with van der Waals surface area (Å²) in [5.41, 5.74) is 3.86. The van der Waals surface area contributed by atoms with Crippen LogP contribution in [0.1, 0.15) is 29.7 Å². The third-order valence-electron chi connectivity index (χ3n) is 3.63. The van der Waals surface area contributed by atoms with Gasteiger partial charge in [0.2, 0.25) is 0 Å². The van der Waals surface area contributed by atoms with Gasteiger partial charge in [-0.05, 0) is 37.1 Å². The Morgan fingerprint density at radius 1 is 1.05 bits per heavy atom. The monoisotopic (exact) mass is 299 g/mol. The van der Waals surface area contributed by atoms with Crippen LogP contribution < -0.4 is 10.1 Å². The first-order valence-corrected chi connectivity index (χ1v) is 7.69.